The van der Waals surface area contributed by atoms with Crippen molar-refractivity contribution in [3.05, 3.63) is 48.2 Å². The number of benzene rings is 1. The van der Waals surface area contributed by atoms with Crippen molar-refractivity contribution in [1.29, 1.82) is 0 Å². The lowest BCUT2D eigenvalue weighted by Crippen LogP contribution is -2.31. The van der Waals surface area contributed by atoms with Crippen LogP contribution in [0.2, 0.25) is 0 Å². The Morgan fingerprint density at radius 1 is 1.20 bits per heavy atom. The van der Waals surface area contributed by atoms with Crippen LogP contribution in [0.5, 0.6) is 0 Å². The van der Waals surface area contributed by atoms with Gasteiger partial charge in [-0.1, -0.05) is 18.2 Å². The number of aryl methyl sites for hydroxylation is 1. The van der Waals surface area contributed by atoms with E-state index in [1.54, 1.807) is 0 Å². The summed E-state index contributed by atoms with van der Waals surface area (Å²) in [7, 11) is 2.08. The first-order chi connectivity index (χ1) is 9.84. The molecule has 0 amide bonds. The van der Waals surface area contributed by atoms with E-state index in [1.165, 1.54) is 5.56 Å². The van der Waals surface area contributed by atoms with Crippen LogP contribution < -0.4 is 4.57 Å². The van der Waals surface area contributed by atoms with Crippen LogP contribution in [0.25, 0.3) is 33.7 Å². The summed E-state index contributed by atoms with van der Waals surface area (Å²) < 4.78 is 10.5. The lowest BCUT2D eigenvalue weighted by atomic mass is 10.2. The molecule has 1 aliphatic heterocycles. The van der Waals surface area contributed by atoms with Crippen molar-refractivity contribution in [3.63, 3.8) is 0 Å². The van der Waals surface area contributed by atoms with E-state index in [-0.39, 0.29) is 0 Å². The Labute approximate surface area is 114 Å². The highest BCUT2D eigenvalue weighted by Crippen LogP contribution is 2.33. The van der Waals surface area contributed by atoms with Gasteiger partial charge in [0.1, 0.15) is 12.1 Å². The van der Waals surface area contributed by atoms with Gasteiger partial charge in [0.2, 0.25) is 5.52 Å². The van der Waals surface area contributed by atoms with Gasteiger partial charge in [0, 0.05) is 11.8 Å². The largest absolute Gasteiger partial charge is 0.419 e. The molecule has 4 heteroatoms. The molecule has 0 bridgehead atoms. The van der Waals surface area contributed by atoms with Crippen LogP contribution in [0.1, 0.15) is 5.56 Å². The van der Waals surface area contributed by atoms with Crippen molar-refractivity contribution >= 4 is 22.2 Å². The standard InChI is InChI=1S/C16H12N3O/c1-18-14-11-6-2-3-7-12(11)20-16(14)19-9-10-5-4-8-17-13(10)15(18)19/h2-8H,9H2,1H3/q+1. The molecule has 0 N–H and O–H groups in total. The number of fused-ring (bicyclic) bond motifs is 7. The van der Waals surface area contributed by atoms with Gasteiger partial charge in [-0.25, -0.2) is 9.55 Å². The van der Waals surface area contributed by atoms with Gasteiger partial charge in [-0.05, 0) is 18.2 Å². The monoisotopic (exact) mass is 262 g/mol. The third-order valence-electron chi connectivity index (χ3n) is 4.14. The van der Waals surface area contributed by atoms with Gasteiger partial charge >= 0.3 is 11.5 Å². The van der Waals surface area contributed by atoms with Crippen molar-refractivity contribution in [1.82, 2.24) is 9.55 Å². The highest BCUT2D eigenvalue weighted by Gasteiger charge is 2.36. The van der Waals surface area contributed by atoms with Crippen LogP contribution in [-0.2, 0) is 13.6 Å². The maximum atomic E-state index is 6.06. The molecule has 4 heterocycles. The maximum absolute atomic E-state index is 6.06. The lowest BCUT2D eigenvalue weighted by molar-refractivity contribution is -0.652. The van der Waals surface area contributed by atoms with Crippen LogP contribution in [0.15, 0.2) is 47.0 Å². The molecule has 4 nitrogen and oxygen atoms in total. The molecule has 0 saturated heterocycles. The molecule has 4 aromatic rings. The van der Waals surface area contributed by atoms with Gasteiger partial charge in [-0.2, -0.15) is 4.57 Å². The van der Waals surface area contributed by atoms with Gasteiger partial charge in [-0.3, -0.25) is 0 Å². The summed E-state index contributed by atoms with van der Waals surface area (Å²) in [5.74, 6) is 1.13. The Morgan fingerprint density at radius 3 is 3.05 bits per heavy atom. The molecule has 0 unspecified atom stereocenters. The van der Waals surface area contributed by atoms with E-state index in [2.05, 4.69) is 33.3 Å². The van der Waals surface area contributed by atoms with Crippen molar-refractivity contribution in [2.75, 3.05) is 0 Å². The average molecular weight is 262 g/mol. The molecular weight excluding hydrogens is 250 g/mol. The van der Waals surface area contributed by atoms with E-state index >= 15 is 0 Å². The SMILES string of the molecule is Cn1c2[n+](c3oc4ccccc4c31)Cc1cccnc1-2. The van der Waals surface area contributed by atoms with Crippen molar-refractivity contribution in [3.8, 4) is 11.5 Å². The van der Waals surface area contributed by atoms with Crippen molar-refractivity contribution in [2.45, 2.75) is 6.54 Å². The van der Waals surface area contributed by atoms with Crippen LogP contribution in [-0.4, -0.2) is 9.55 Å². The molecule has 0 radical (unpaired) electrons. The van der Waals surface area contributed by atoms with Gasteiger partial charge in [0.05, 0.1) is 12.4 Å². The second kappa shape index (κ2) is 3.28. The number of hydrogen-bond acceptors (Lipinski definition) is 2. The van der Waals surface area contributed by atoms with E-state index in [0.29, 0.717) is 0 Å². The number of furan rings is 1. The minimum atomic E-state index is 0.829. The molecule has 0 aliphatic carbocycles. The highest BCUT2D eigenvalue weighted by molar-refractivity contribution is 6.01. The Hall–Kier alpha value is -2.62. The zero-order valence-corrected chi connectivity index (χ0v) is 11.0. The summed E-state index contributed by atoms with van der Waals surface area (Å²) >= 11 is 0. The Kier molecular flexibility index (Phi) is 1.67. The van der Waals surface area contributed by atoms with Crippen LogP contribution in [0.3, 0.4) is 0 Å². The maximum Gasteiger partial charge on any atom is 0.339 e. The molecule has 0 spiro atoms. The normalized spacial score (nSPS) is 13.1. The number of hydrogen-bond donors (Lipinski definition) is 0. The second-order valence-electron chi connectivity index (χ2n) is 5.23. The van der Waals surface area contributed by atoms with Gasteiger partial charge in [-0.15, -0.1) is 0 Å². The molecule has 0 fully saturated rings. The van der Waals surface area contributed by atoms with Crippen LogP contribution in [0.4, 0.5) is 0 Å². The molecule has 1 aromatic carbocycles. The Bertz CT molecular complexity index is 994. The highest BCUT2D eigenvalue weighted by atomic mass is 16.3. The summed E-state index contributed by atoms with van der Waals surface area (Å²) in [6, 6.07) is 12.3. The topological polar surface area (TPSA) is 34.8 Å². The number of imidazole rings is 1. The molecule has 0 saturated carbocycles. The van der Waals surface area contributed by atoms with E-state index in [0.717, 1.165) is 40.3 Å². The fourth-order valence-corrected chi connectivity index (χ4v) is 3.28. The number of nitrogens with zero attached hydrogens (tertiary/aromatic N) is 3. The van der Waals surface area contributed by atoms with Crippen LogP contribution >= 0.6 is 0 Å². The number of pyridine rings is 1. The fraction of sp³-hybridized carbons (Fsp3) is 0.125. The average Bonchev–Trinajstić information content (AvgIpc) is 3.10. The predicted octanol–water partition coefficient (Wildman–Crippen LogP) is 2.64. The fourth-order valence-electron chi connectivity index (χ4n) is 3.28. The Balaban J connectivity index is 1.98. The van der Waals surface area contributed by atoms with Gasteiger partial charge in [0.15, 0.2) is 5.69 Å². The first kappa shape index (κ1) is 10.2. The predicted molar refractivity (Wildman–Crippen MR) is 75.2 cm³/mol. The van der Waals surface area contributed by atoms with Gasteiger partial charge in [0.25, 0.3) is 0 Å². The smallest absolute Gasteiger partial charge is 0.339 e. The first-order valence-corrected chi connectivity index (χ1v) is 6.68. The molecule has 0 atom stereocenters. The summed E-state index contributed by atoms with van der Waals surface area (Å²) in [4.78, 5) is 4.53. The minimum absolute atomic E-state index is 0.829. The molecule has 5 rings (SSSR count). The second-order valence-corrected chi connectivity index (χ2v) is 5.23. The number of para-hydroxylation sites is 1. The molecule has 1 aliphatic rings. The Morgan fingerprint density at radius 2 is 2.10 bits per heavy atom. The molecule has 3 aromatic heterocycles. The number of rotatable bonds is 0. The van der Waals surface area contributed by atoms with Gasteiger partial charge < -0.3 is 4.42 Å². The third kappa shape index (κ3) is 1.04. The summed E-state index contributed by atoms with van der Waals surface area (Å²) in [6.07, 6.45) is 1.85. The minimum Gasteiger partial charge on any atom is -0.419 e. The lowest BCUT2D eigenvalue weighted by Gasteiger charge is -1.94. The van der Waals surface area contributed by atoms with E-state index in [4.69, 9.17) is 4.42 Å². The zero-order valence-electron chi connectivity index (χ0n) is 11.0. The quantitative estimate of drug-likeness (QED) is 0.402. The van der Waals surface area contributed by atoms with E-state index in [9.17, 15) is 0 Å². The zero-order chi connectivity index (χ0) is 13.3. The van der Waals surface area contributed by atoms with E-state index < -0.39 is 0 Å². The molecule has 96 valence electrons. The third-order valence-corrected chi connectivity index (χ3v) is 4.14. The van der Waals surface area contributed by atoms with Crippen LogP contribution in [0, 0.1) is 0 Å². The summed E-state index contributed by atoms with van der Waals surface area (Å²) in [5.41, 5.74) is 5.33. The van der Waals surface area contributed by atoms with Crippen molar-refractivity contribution in [2.24, 2.45) is 7.05 Å². The molecular formula is C16H12N3O+. The van der Waals surface area contributed by atoms with Crippen molar-refractivity contribution < 1.29 is 8.98 Å². The summed E-state index contributed by atoms with van der Waals surface area (Å²) in [6.45, 7) is 0.829. The summed E-state index contributed by atoms with van der Waals surface area (Å²) in [5, 5.41) is 1.16. The molecule has 20 heavy (non-hydrogen) atoms. The van der Waals surface area contributed by atoms with E-state index in [1.807, 2.05) is 30.5 Å². The first-order valence-electron chi connectivity index (χ1n) is 6.68. The number of aromatic nitrogens is 3.